The van der Waals surface area contributed by atoms with Crippen molar-refractivity contribution < 1.29 is 0 Å². The molecule has 6 saturated carbocycles. The largest absolute Gasteiger partial charge is 0.310 e. The number of hydrogen-bond acceptors (Lipinski definition) is 1. The van der Waals surface area contributed by atoms with E-state index in [0.29, 0.717) is 5.41 Å². The highest BCUT2D eigenvalue weighted by molar-refractivity contribution is 5.99. The highest BCUT2D eigenvalue weighted by Gasteiger charge is 2.51. The van der Waals surface area contributed by atoms with Crippen LogP contribution in [0, 0.1) is 29.6 Å². The molecule has 0 spiro atoms. The third kappa shape index (κ3) is 4.39. The van der Waals surface area contributed by atoms with Crippen LogP contribution in [0.3, 0.4) is 0 Å². The first-order chi connectivity index (χ1) is 26.2. The van der Waals surface area contributed by atoms with Gasteiger partial charge in [0.15, 0.2) is 0 Å². The zero-order chi connectivity index (χ0) is 36.1. The van der Waals surface area contributed by atoms with Crippen LogP contribution in [0.4, 0.5) is 17.1 Å². The molecule has 0 aromatic heterocycles. The van der Waals surface area contributed by atoms with Gasteiger partial charge in [-0.3, -0.25) is 0 Å². The third-order valence-electron chi connectivity index (χ3n) is 16.7. The fraction of sp³-hybridized carbons (Fsp3) is 0.434. The topological polar surface area (TPSA) is 3.24 Å². The zero-order valence-corrected chi connectivity index (χ0v) is 32.8. The minimum atomic E-state index is -0.100. The van der Waals surface area contributed by atoms with E-state index >= 15 is 0 Å². The minimum Gasteiger partial charge on any atom is -0.310 e. The van der Waals surface area contributed by atoms with E-state index in [-0.39, 0.29) is 10.8 Å². The molecule has 3 atom stereocenters. The first-order valence-corrected chi connectivity index (χ1v) is 21.6. The summed E-state index contributed by atoms with van der Waals surface area (Å²) >= 11 is 0. The van der Waals surface area contributed by atoms with Gasteiger partial charge in [0.05, 0.1) is 0 Å². The van der Waals surface area contributed by atoms with Crippen LogP contribution in [-0.4, -0.2) is 0 Å². The molecule has 0 amide bonds. The van der Waals surface area contributed by atoms with Crippen LogP contribution in [0.25, 0.3) is 22.3 Å². The Morgan fingerprint density at radius 2 is 1.06 bits per heavy atom. The molecule has 0 aliphatic heterocycles. The molecule has 8 aliphatic rings. The van der Waals surface area contributed by atoms with Crippen molar-refractivity contribution >= 4 is 17.1 Å². The van der Waals surface area contributed by atoms with E-state index in [1.165, 1.54) is 126 Å². The van der Waals surface area contributed by atoms with Gasteiger partial charge in [0.1, 0.15) is 0 Å². The molecular weight excluding hydrogens is 651 g/mol. The fourth-order valence-corrected chi connectivity index (χ4v) is 14.5. The Kier molecular flexibility index (Phi) is 6.57. The highest BCUT2D eigenvalue weighted by atomic mass is 15.1. The number of fused-ring (bicyclic) bond motifs is 9. The lowest BCUT2D eigenvalue weighted by Crippen LogP contribution is -2.48. The van der Waals surface area contributed by atoms with Gasteiger partial charge in [-0.2, -0.15) is 0 Å². The van der Waals surface area contributed by atoms with E-state index < -0.39 is 0 Å². The summed E-state index contributed by atoms with van der Waals surface area (Å²) in [6.45, 7) is 9.72. The summed E-state index contributed by atoms with van der Waals surface area (Å²) in [4.78, 5) is 2.57. The van der Waals surface area contributed by atoms with Crippen LogP contribution >= 0.6 is 0 Å². The molecule has 54 heavy (non-hydrogen) atoms. The van der Waals surface area contributed by atoms with Crippen LogP contribution in [-0.2, 0) is 16.2 Å². The Hall–Kier alpha value is -4.10. The second kappa shape index (κ2) is 11.0. The molecule has 0 radical (unpaired) electrons. The molecule has 8 aliphatic carbocycles. The first-order valence-electron chi connectivity index (χ1n) is 21.6. The lowest BCUT2D eigenvalue weighted by atomic mass is 9.48. The van der Waals surface area contributed by atoms with Crippen LogP contribution in [0.1, 0.15) is 131 Å². The Morgan fingerprint density at radius 3 is 1.67 bits per heavy atom. The number of benzene rings is 5. The van der Waals surface area contributed by atoms with Gasteiger partial charge in [-0.05, 0) is 191 Å². The lowest BCUT2D eigenvalue weighted by Gasteiger charge is -2.57. The maximum atomic E-state index is 2.57. The molecule has 0 heterocycles. The molecule has 3 unspecified atom stereocenters. The second-order valence-corrected chi connectivity index (χ2v) is 20.4. The van der Waals surface area contributed by atoms with Gasteiger partial charge in [-0.1, -0.05) is 101 Å². The summed E-state index contributed by atoms with van der Waals surface area (Å²) in [5, 5.41) is 0. The minimum absolute atomic E-state index is 0.00284. The van der Waals surface area contributed by atoms with Gasteiger partial charge < -0.3 is 4.90 Å². The Balaban J connectivity index is 0.971. The summed E-state index contributed by atoms with van der Waals surface area (Å²) in [7, 11) is 0. The maximum absolute atomic E-state index is 2.57. The van der Waals surface area contributed by atoms with E-state index in [1.807, 2.05) is 0 Å². The van der Waals surface area contributed by atoms with Gasteiger partial charge in [0.25, 0.3) is 0 Å². The normalized spacial score (nSPS) is 31.0. The average molecular weight is 706 g/mol. The van der Waals surface area contributed by atoms with Crippen molar-refractivity contribution in [3.8, 4) is 22.3 Å². The van der Waals surface area contributed by atoms with Crippen molar-refractivity contribution in [2.75, 3.05) is 4.90 Å². The SMILES string of the molecule is CC1(C)c2ccccc2-c2c1ccc1c2-c2ccc(N(c3ccc(C4CC5CCC4C5)cc3)c3ccc(C45CC6CC(CC(C6)C4)C5)cc3)cc2C1(C)C. The quantitative estimate of drug-likeness (QED) is 0.176. The molecule has 0 N–H and O–H groups in total. The smallest absolute Gasteiger partial charge is 0.0465 e. The first kappa shape index (κ1) is 32.2. The Labute approximate surface area is 323 Å². The third-order valence-corrected chi connectivity index (χ3v) is 16.7. The Morgan fingerprint density at radius 1 is 0.481 bits per heavy atom. The van der Waals surface area contributed by atoms with Gasteiger partial charge in [-0.25, -0.2) is 0 Å². The molecule has 13 rings (SSSR count). The molecule has 6 bridgehead atoms. The highest BCUT2D eigenvalue weighted by Crippen LogP contribution is 2.62. The Bertz CT molecular complexity index is 2300. The molecule has 5 aromatic carbocycles. The number of anilines is 3. The van der Waals surface area contributed by atoms with Crippen molar-refractivity contribution in [3.05, 3.63) is 137 Å². The van der Waals surface area contributed by atoms with E-state index in [2.05, 4.69) is 136 Å². The number of nitrogens with zero attached hydrogens (tertiary/aromatic N) is 1. The standard InChI is InChI=1S/C53H55N/c1-51(2)45-8-6-5-7-42(45)49-46(51)21-22-47-50(49)43-20-19-41(28-48(43)52(47,3)4)54(39-15-11-36(12-16-39)44-27-32-9-10-37(44)26-32)40-17-13-38(14-18-40)53-29-33-23-34(30-53)25-35(24-33)31-53/h5-8,11-22,28,32-35,37,44H,9-10,23-27,29-31H2,1-4H3. The van der Waals surface area contributed by atoms with Crippen LogP contribution in [0.5, 0.6) is 0 Å². The van der Waals surface area contributed by atoms with Gasteiger partial charge in [0.2, 0.25) is 0 Å². The fourth-order valence-electron chi connectivity index (χ4n) is 14.5. The summed E-state index contributed by atoms with van der Waals surface area (Å²) in [6, 6.07) is 41.3. The molecular formula is C53H55N. The van der Waals surface area contributed by atoms with E-state index in [4.69, 9.17) is 0 Å². The van der Waals surface area contributed by atoms with Gasteiger partial charge in [0, 0.05) is 27.9 Å². The van der Waals surface area contributed by atoms with Crippen molar-refractivity contribution in [3.63, 3.8) is 0 Å². The second-order valence-electron chi connectivity index (χ2n) is 20.4. The van der Waals surface area contributed by atoms with Crippen LogP contribution in [0.15, 0.2) is 103 Å². The maximum Gasteiger partial charge on any atom is 0.0465 e. The molecule has 6 fully saturated rings. The summed E-state index contributed by atoms with van der Waals surface area (Å²) < 4.78 is 0. The molecule has 0 saturated heterocycles. The van der Waals surface area contributed by atoms with Crippen molar-refractivity contribution in [1.82, 2.24) is 0 Å². The number of rotatable bonds is 5. The average Bonchev–Trinajstić information content (AvgIpc) is 3.92. The molecule has 1 nitrogen and oxygen atoms in total. The predicted octanol–water partition coefficient (Wildman–Crippen LogP) is 14.1. The molecule has 272 valence electrons. The van der Waals surface area contributed by atoms with Crippen LogP contribution in [0.2, 0.25) is 0 Å². The van der Waals surface area contributed by atoms with Crippen molar-refractivity contribution in [2.24, 2.45) is 29.6 Å². The van der Waals surface area contributed by atoms with Crippen molar-refractivity contribution in [1.29, 1.82) is 0 Å². The monoisotopic (exact) mass is 705 g/mol. The van der Waals surface area contributed by atoms with Gasteiger partial charge in [-0.15, -0.1) is 0 Å². The zero-order valence-electron chi connectivity index (χ0n) is 32.8. The van der Waals surface area contributed by atoms with Gasteiger partial charge >= 0.3 is 0 Å². The predicted molar refractivity (Wildman–Crippen MR) is 224 cm³/mol. The van der Waals surface area contributed by atoms with Crippen LogP contribution < -0.4 is 4.90 Å². The number of hydrogen-bond donors (Lipinski definition) is 0. The summed E-state index contributed by atoms with van der Waals surface area (Å²) in [5.74, 6) is 5.49. The van der Waals surface area contributed by atoms with E-state index in [0.717, 1.165) is 35.5 Å². The summed E-state index contributed by atoms with van der Waals surface area (Å²) in [6.07, 6.45) is 14.5. The van der Waals surface area contributed by atoms with E-state index in [1.54, 1.807) is 11.1 Å². The molecule has 5 aromatic rings. The van der Waals surface area contributed by atoms with E-state index in [9.17, 15) is 0 Å². The van der Waals surface area contributed by atoms with Crippen molar-refractivity contribution in [2.45, 2.75) is 114 Å². The lowest BCUT2D eigenvalue weighted by molar-refractivity contribution is -0.00518. The molecule has 1 heteroatoms. The summed E-state index contributed by atoms with van der Waals surface area (Å²) in [5.41, 5.74) is 18.9.